The Morgan fingerprint density at radius 1 is 0.686 bits per heavy atom. The maximum atomic E-state index is 14.6. The SMILES string of the molecule is COc1ccc(C(CC2CCNCC2)S(=O)(=O)C(CC2CCNCC2)c2ccc(OC)cc2)cc1. The second-order valence-corrected chi connectivity index (χ2v) is 12.3. The van der Waals surface area contributed by atoms with Gasteiger partial charge >= 0.3 is 0 Å². The fourth-order valence-corrected chi connectivity index (χ4v) is 8.15. The predicted octanol–water partition coefficient (Wildman–Crippen LogP) is 4.68. The first-order chi connectivity index (χ1) is 17.0. The van der Waals surface area contributed by atoms with E-state index in [-0.39, 0.29) is 0 Å². The van der Waals surface area contributed by atoms with Gasteiger partial charge in [0.15, 0.2) is 9.84 Å². The summed E-state index contributed by atoms with van der Waals surface area (Å²) in [5.74, 6) is 2.28. The van der Waals surface area contributed by atoms with E-state index in [9.17, 15) is 8.42 Å². The first-order valence-corrected chi connectivity index (χ1v) is 14.5. The molecule has 2 N–H and O–H groups in total. The molecular formula is C28H40N2O4S. The van der Waals surface area contributed by atoms with Crippen LogP contribution in [0.1, 0.15) is 60.2 Å². The Bertz CT molecular complexity index is 934. The van der Waals surface area contributed by atoms with E-state index in [1.807, 2.05) is 48.5 Å². The van der Waals surface area contributed by atoms with Crippen molar-refractivity contribution in [1.29, 1.82) is 0 Å². The molecule has 2 aromatic carbocycles. The van der Waals surface area contributed by atoms with E-state index in [0.29, 0.717) is 24.7 Å². The van der Waals surface area contributed by atoms with Crippen molar-refractivity contribution >= 4 is 9.84 Å². The molecule has 0 bridgehead atoms. The molecule has 2 unspecified atom stereocenters. The largest absolute Gasteiger partial charge is 0.497 e. The van der Waals surface area contributed by atoms with Crippen LogP contribution in [0.25, 0.3) is 0 Å². The topological polar surface area (TPSA) is 76.7 Å². The van der Waals surface area contributed by atoms with Crippen molar-refractivity contribution < 1.29 is 17.9 Å². The molecule has 0 radical (unpaired) electrons. The highest BCUT2D eigenvalue weighted by Crippen LogP contribution is 2.44. The maximum Gasteiger partial charge on any atom is 0.164 e. The average Bonchev–Trinajstić information content (AvgIpc) is 2.91. The number of ether oxygens (including phenoxy) is 2. The molecule has 0 amide bonds. The van der Waals surface area contributed by atoms with Crippen LogP contribution < -0.4 is 20.1 Å². The monoisotopic (exact) mass is 500 g/mol. The molecule has 2 heterocycles. The summed E-state index contributed by atoms with van der Waals surface area (Å²) in [6.07, 6.45) is 5.39. The highest BCUT2D eigenvalue weighted by Gasteiger charge is 2.39. The molecule has 0 spiro atoms. The van der Waals surface area contributed by atoms with Gasteiger partial charge in [-0.05, 0) is 112 Å². The summed E-state index contributed by atoms with van der Waals surface area (Å²) in [6, 6.07) is 15.3. The van der Waals surface area contributed by atoms with E-state index in [1.165, 1.54) is 0 Å². The lowest BCUT2D eigenvalue weighted by atomic mass is 9.90. The number of nitrogens with one attached hydrogen (secondary N) is 2. The van der Waals surface area contributed by atoms with Gasteiger partial charge in [0, 0.05) is 0 Å². The van der Waals surface area contributed by atoms with Gasteiger partial charge in [0.1, 0.15) is 11.5 Å². The zero-order chi connectivity index (χ0) is 24.7. The third-order valence-corrected chi connectivity index (χ3v) is 10.3. The van der Waals surface area contributed by atoms with Crippen molar-refractivity contribution in [2.45, 2.75) is 49.0 Å². The van der Waals surface area contributed by atoms with Gasteiger partial charge in [0.25, 0.3) is 0 Å². The first kappa shape index (κ1) is 26.0. The average molecular weight is 501 g/mol. The lowest BCUT2D eigenvalue weighted by Gasteiger charge is -2.32. The molecule has 2 aliphatic rings. The van der Waals surface area contributed by atoms with Crippen molar-refractivity contribution in [1.82, 2.24) is 10.6 Å². The molecule has 2 atom stereocenters. The van der Waals surface area contributed by atoms with Gasteiger partial charge in [0.2, 0.25) is 0 Å². The highest BCUT2D eigenvalue weighted by molar-refractivity contribution is 7.91. The van der Waals surface area contributed by atoms with E-state index in [2.05, 4.69) is 10.6 Å². The lowest BCUT2D eigenvalue weighted by molar-refractivity contribution is 0.339. The van der Waals surface area contributed by atoms with Crippen molar-refractivity contribution in [3.8, 4) is 11.5 Å². The van der Waals surface area contributed by atoms with E-state index in [0.717, 1.165) is 74.5 Å². The molecule has 2 fully saturated rings. The third-order valence-electron chi connectivity index (χ3n) is 7.78. The minimum Gasteiger partial charge on any atom is -0.497 e. The number of rotatable bonds is 10. The van der Waals surface area contributed by atoms with Crippen LogP contribution in [0.5, 0.6) is 11.5 Å². The molecule has 4 rings (SSSR count). The van der Waals surface area contributed by atoms with E-state index < -0.39 is 20.3 Å². The predicted molar refractivity (Wildman–Crippen MR) is 141 cm³/mol. The van der Waals surface area contributed by atoms with Crippen LogP contribution in [0.4, 0.5) is 0 Å². The summed E-state index contributed by atoms with van der Waals surface area (Å²) < 4.78 is 39.9. The minimum absolute atomic E-state index is 0.397. The Labute approximate surface area is 210 Å². The van der Waals surface area contributed by atoms with Gasteiger partial charge in [-0.3, -0.25) is 0 Å². The van der Waals surface area contributed by atoms with E-state index in [4.69, 9.17) is 9.47 Å². The smallest absolute Gasteiger partial charge is 0.164 e. The summed E-state index contributed by atoms with van der Waals surface area (Å²) in [5.41, 5.74) is 1.74. The van der Waals surface area contributed by atoms with Crippen LogP contribution >= 0.6 is 0 Å². The summed E-state index contributed by atoms with van der Waals surface area (Å²) >= 11 is 0. The lowest BCUT2D eigenvalue weighted by Crippen LogP contribution is -2.32. The number of methoxy groups -OCH3 is 2. The van der Waals surface area contributed by atoms with Crippen LogP contribution in [-0.2, 0) is 9.84 Å². The van der Waals surface area contributed by atoms with E-state index >= 15 is 0 Å². The molecule has 2 saturated heterocycles. The quantitative estimate of drug-likeness (QED) is 0.493. The summed E-state index contributed by atoms with van der Waals surface area (Å²) in [7, 11) is -0.258. The number of benzene rings is 2. The fraction of sp³-hybridized carbons (Fsp3) is 0.571. The zero-order valence-electron chi connectivity index (χ0n) is 21.0. The normalized spacial score (nSPS) is 19.7. The molecule has 2 aromatic rings. The van der Waals surface area contributed by atoms with Gasteiger partial charge in [-0.25, -0.2) is 8.42 Å². The first-order valence-electron chi connectivity index (χ1n) is 12.9. The summed E-state index contributed by atoms with van der Waals surface area (Å²) in [4.78, 5) is 0. The number of hydrogen-bond acceptors (Lipinski definition) is 6. The Hall–Kier alpha value is -2.09. The van der Waals surface area contributed by atoms with Gasteiger partial charge in [-0.1, -0.05) is 24.3 Å². The molecule has 0 saturated carbocycles. The fourth-order valence-electron chi connectivity index (χ4n) is 5.60. The Balaban J connectivity index is 1.71. The number of hydrogen-bond donors (Lipinski definition) is 2. The molecule has 192 valence electrons. The highest BCUT2D eigenvalue weighted by atomic mass is 32.2. The van der Waals surface area contributed by atoms with Crippen molar-refractivity contribution in [2.24, 2.45) is 11.8 Å². The summed E-state index contributed by atoms with van der Waals surface area (Å²) in [6.45, 7) is 3.82. The molecule has 6 nitrogen and oxygen atoms in total. The van der Waals surface area contributed by atoms with Gasteiger partial charge in [-0.15, -0.1) is 0 Å². The Morgan fingerprint density at radius 2 is 1.03 bits per heavy atom. The van der Waals surface area contributed by atoms with Gasteiger partial charge in [0.05, 0.1) is 24.7 Å². The van der Waals surface area contributed by atoms with Gasteiger partial charge in [-0.2, -0.15) is 0 Å². The minimum atomic E-state index is -3.53. The Kier molecular flexibility index (Phi) is 9.09. The molecule has 0 aliphatic carbocycles. The number of piperidine rings is 2. The standard InChI is InChI=1S/C28H40N2O4S/c1-33-25-7-3-23(4-8-25)27(19-21-11-15-29-16-12-21)35(31,32)28(20-22-13-17-30-18-14-22)24-5-9-26(34-2)10-6-24/h3-10,21-22,27-30H,11-20H2,1-2H3. The van der Waals surface area contributed by atoms with Crippen molar-refractivity contribution in [3.63, 3.8) is 0 Å². The Morgan fingerprint density at radius 3 is 1.34 bits per heavy atom. The van der Waals surface area contributed by atoms with Crippen LogP contribution in [0.2, 0.25) is 0 Å². The number of sulfone groups is 1. The summed E-state index contributed by atoms with van der Waals surface area (Å²) in [5, 5.41) is 5.75. The van der Waals surface area contributed by atoms with Crippen LogP contribution in [0, 0.1) is 11.8 Å². The molecular weight excluding hydrogens is 460 g/mol. The molecule has 0 aromatic heterocycles. The molecule has 2 aliphatic heterocycles. The molecule has 35 heavy (non-hydrogen) atoms. The maximum absolute atomic E-state index is 14.6. The van der Waals surface area contributed by atoms with Crippen LogP contribution in [0.15, 0.2) is 48.5 Å². The third kappa shape index (κ3) is 6.57. The van der Waals surface area contributed by atoms with Gasteiger partial charge < -0.3 is 20.1 Å². The van der Waals surface area contributed by atoms with E-state index in [1.54, 1.807) is 14.2 Å². The second kappa shape index (κ2) is 12.2. The van der Waals surface area contributed by atoms with Crippen LogP contribution in [-0.4, -0.2) is 48.8 Å². The van der Waals surface area contributed by atoms with Crippen LogP contribution in [0.3, 0.4) is 0 Å². The van der Waals surface area contributed by atoms with Crippen molar-refractivity contribution in [3.05, 3.63) is 59.7 Å². The van der Waals surface area contributed by atoms with Crippen molar-refractivity contribution in [2.75, 3.05) is 40.4 Å². The zero-order valence-corrected chi connectivity index (χ0v) is 21.9. The second-order valence-electron chi connectivity index (χ2n) is 9.97. The molecule has 7 heteroatoms.